The Morgan fingerprint density at radius 3 is 2.33 bits per heavy atom. The second kappa shape index (κ2) is 9.39. The summed E-state index contributed by atoms with van der Waals surface area (Å²) in [4.78, 5) is 34.4. The van der Waals surface area contributed by atoms with Gasteiger partial charge in [0.2, 0.25) is 0 Å². The molecule has 0 aliphatic carbocycles. The molecule has 24 heavy (non-hydrogen) atoms. The number of ether oxygens (including phenoxy) is 2. The molecule has 0 aromatic heterocycles. The van der Waals surface area contributed by atoms with Gasteiger partial charge in [-0.15, -0.1) is 0 Å². The summed E-state index contributed by atoms with van der Waals surface area (Å²) in [6.07, 6.45) is -0.881. The molecule has 0 unspecified atom stereocenters. The Morgan fingerprint density at radius 1 is 1.04 bits per heavy atom. The molecular formula is C16H23N3O5. The average Bonchev–Trinajstić information content (AvgIpc) is 2.57. The topological polar surface area (TPSA) is 106 Å². The van der Waals surface area contributed by atoms with Crippen LogP contribution in [0, 0.1) is 0 Å². The highest BCUT2D eigenvalue weighted by Gasteiger charge is 2.20. The van der Waals surface area contributed by atoms with E-state index < -0.39 is 23.7 Å². The van der Waals surface area contributed by atoms with Crippen molar-refractivity contribution in [1.29, 1.82) is 0 Å². The van der Waals surface area contributed by atoms with Crippen LogP contribution in [0.1, 0.15) is 32.8 Å². The molecule has 1 aromatic rings. The number of hydrogen-bond donors (Lipinski definition) is 3. The molecule has 0 atom stereocenters. The Balaban J connectivity index is 2.19. The number of hydrogen-bond acceptors (Lipinski definition) is 5. The Labute approximate surface area is 140 Å². The third-order valence-corrected chi connectivity index (χ3v) is 3.13. The first kappa shape index (κ1) is 19.3. The van der Waals surface area contributed by atoms with Gasteiger partial charge in [0.15, 0.2) is 0 Å². The Hall–Kier alpha value is -2.77. The van der Waals surface area contributed by atoms with Crippen molar-refractivity contribution in [2.45, 2.75) is 39.4 Å². The van der Waals surface area contributed by atoms with Gasteiger partial charge in [-0.1, -0.05) is 37.3 Å². The van der Waals surface area contributed by atoms with Crippen molar-refractivity contribution in [2.24, 2.45) is 0 Å². The van der Waals surface area contributed by atoms with Crippen molar-refractivity contribution >= 4 is 18.1 Å². The summed E-state index contributed by atoms with van der Waals surface area (Å²) in [5.41, 5.74) is 4.43. The molecule has 0 saturated carbocycles. The molecule has 0 heterocycles. The van der Waals surface area contributed by atoms with E-state index in [9.17, 15) is 14.4 Å². The molecule has 0 radical (unpaired) electrons. The molecule has 0 aliphatic rings. The smallest absolute Gasteiger partial charge is 0.426 e. The van der Waals surface area contributed by atoms with Gasteiger partial charge in [0.1, 0.15) is 18.8 Å². The summed E-state index contributed by atoms with van der Waals surface area (Å²) in [6.45, 7) is 5.13. The maximum Gasteiger partial charge on any atom is 0.426 e. The second-order valence-corrected chi connectivity index (χ2v) is 5.59. The summed E-state index contributed by atoms with van der Waals surface area (Å²) in [7, 11) is 0. The van der Waals surface area contributed by atoms with Crippen molar-refractivity contribution < 1.29 is 23.9 Å². The van der Waals surface area contributed by atoms with Gasteiger partial charge in [0, 0.05) is 0 Å². The Kier molecular flexibility index (Phi) is 7.54. The zero-order valence-electron chi connectivity index (χ0n) is 14.0. The quantitative estimate of drug-likeness (QED) is 0.687. The molecule has 3 N–H and O–H groups in total. The van der Waals surface area contributed by atoms with Crippen molar-refractivity contribution in [3.8, 4) is 0 Å². The van der Waals surface area contributed by atoms with E-state index in [1.54, 1.807) is 13.8 Å². The largest absolute Gasteiger partial charge is 0.445 e. The van der Waals surface area contributed by atoms with Gasteiger partial charge in [-0.25, -0.2) is 15.0 Å². The molecule has 3 amide bonds. The molecule has 0 saturated heterocycles. The average molecular weight is 337 g/mol. The van der Waals surface area contributed by atoms with Gasteiger partial charge in [-0.3, -0.25) is 10.2 Å². The minimum absolute atomic E-state index is 0.102. The minimum atomic E-state index is -0.776. The van der Waals surface area contributed by atoms with Crippen LogP contribution in [0.15, 0.2) is 30.3 Å². The molecule has 0 bridgehead atoms. The minimum Gasteiger partial charge on any atom is -0.445 e. The van der Waals surface area contributed by atoms with Gasteiger partial charge in [0.25, 0.3) is 5.91 Å². The summed E-state index contributed by atoms with van der Waals surface area (Å²) in [5.74, 6) is -0.613. The van der Waals surface area contributed by atoms with Crippen molar-refractivity contribution in [1.82, 2.24) is 16.2 Å². The van der Waals surface area contributed by atoms with E-state index in [-0.39, 0.29) is 13.2 Å². The highest BCUT2D eigenvalue weighted by atomic mass is 16.6. The van der Waals surface area contributed by atoms with Gasteiger partial charge in [-0.05, 0) is 25.8 Å². The highest BCUT2D eigenvalue weighted by Crippen LogP contribution is 2.12. The van der Waals surface area contributed by atoms with Crippen LogP contribution < -0.4 is 16.2 Å². The SMILES string of the molecule is CCC(C)(C)OC(=O)NNC(=O)CNC(=O)OCc1ccccc1. The molecule has 0 fully saturated rings. The van der Waals surface area contributed by atoms with Crippen LogP contribution in [0.2, 0.25) is 0 Å². The van der Waals surface area contributed by atoms with Crippen molar-refractivity contribution in [3.05, 3.63) is 35.9 Å². The number of amides is 3. The monoisotopic (exact) mass is 337 g/mol. The lowest BCUT2D eigenvalue weighted by Gasteiger charge is -2.23. The lowest BCUT2D eigenvalue weighted by Crippen LogP contribution is -2.48. The summed E-state index contributed by atoms with van der Waals surface area (Å²) >= 11 is 0. The third kappa shape index (κ3) is 8.02. The van der Waals surface area contributed by atoms with Crippen LogP contribution >= 0.6 is 0 Å². The van der Waals surface area contributed by atoms with E-state index in [1.165, 1.54) is 0 Å². The van der Waals surface area contributed by atoms with E-state index in [0.29, 0.717) is 6.42 Å². The molecule has 1 aromatic carbocycles. The predicted molar refractivity (Wildman–Crippen MR) is 86.8 cm³/mol. The van der Waals surface area contributed by atoms with Gasteiger partial charge in [-0.2, -0.15) is 0 Å². The maximum atomic E-state index is 11.5. The van der Waals surface area contributed by atoms with Crippen LogP contribution in [0.5, 0.6) is 0 Å². The molecule has 8 nitrogen and oxygen atoms in total. The van der Waals surface area contributed by atoms with E-state index in [2.05, 4.69) is 16.2 Å². The number of hydrazine groups is 1. The molecular weight excluding hydrogens is 314 g/mol. The molecule has 0 spiro atoms. The Bertz CT molecular complexity index is 560. The van der Waals surface area contributed by atoms with E-state index >= 15 is 0 Å². The third-order valence-electron chi connectivity index (χ3n) is 3.13. The normalized spacial score (nSPS) is 10.5. The molecule has 1 rings (SSSR count). The van der Waals surface area contributed by atoms with Crippen LogP contribution in [0.25, 0.3) is 0 Å². The zero-order valence-corrected chi connectivity index (χ0v) is 14.0. The standard InChI is InChI=1S/C16H23N3O5/c1-4-16(2,3)24-15(22)19-18-13(20)10-17-14(21)23-11-12-8-6-5-7-9-12/h5-9H,4,10-11H2,1-3H3,(H,17,21)(H,18,20)(H,19,22). The van der Waals surface area contributed by atoms with E-state index in [0.717, 1.165) is 5.56 Å². The zero-order chi connectivity index (χ0) is 18.0. The summed E-state index contributed by atoms with van der Waals surface area (Å²) in [6, 6.07) is 9.14. The number of nitrogens with one attached hydrogen (secondary N) is 3. The van der Waals surface area contributed by atoms with Crippen molar-refractivity contribution in [2.75, 3.05) is 6.54 Å². The second-order valence-electron chi connectivity index (χ2n) is 5.59. The fourth-order valence-corrected chi connectivity index (χ4v) is 1.44. The number of alkyl carbamates (subject to hydrolysis) is 1. The van der Waals surface area contributed by atoms with E-state index in [1.807, 2.05) is 37.3 Å². The van der Waals surface area contributed by atoms with E-state index in [4.69, 9.17) is 9.47 Å². The fourth-order valence-electron chi connectivity index (χ4n) is 1.44. The number of carbonyl (C=O) groups is 3. The van der Waals surface area contributed by atoms with Gasteiger partial charge >= 0.3 is 12.2 Å². The first-order valence-electron chi connectivity index (χ1n) is 7.55. The lowest BCUT2D eigenvalue weighted by molar-refractivity contribution is -0.121. The fraction of sp³-hybridized carbons (Fsp3) is 0.438. The number of rotatable bonds is 6. The van der Waals surface area contributed by atoms with Crippen molar-refractivity contribution in [3.63, 3.8) is 0 Å². The first-order valence-corrected chi connectivity index (χ1v) is 7.55. The summed E-state index contributed by atoms with van der Waals surface area (Å²) in [5, 5.41) is 2.27. The van der Waals surface area contributed by atoms with Crippen LogP contribution in [0.4, 0.5) is 9.59 Å². The molecule has 0 aliphatic heterocycles. The van der Waals surface area contributed by atoms with Gasteiger partial charge in [0.05, 0.1) is 0 Å². The first-order chi connectivity index (χ1) is 11.3. The van der Waals surface area contributed by atoms with Crippen LogP contribution in [0.3, 0.4) is 0 Å². The predicted octanol–water partition coefficient (Wildman–Crippen LogP) is 1.86. The number of carbonyl (C=O) groups excluding carboxylic acids is 3. The molecule has 132 valence electrons. The highest BCUT2D eigenvalue weighted by molar-refractivity contribution is 5.83. The maximum absolute atomic E-state index is 11.5. The summed E-state index contributed by atoms with van der Waals surface area (Å²) < 4.78 is 10.0. The van der Waals surface area contributed by atoms with Crippen LogP contribution in [-0.2, 0) is 20.9 Å². The van der Waals surface area contributed by atoms with Crippen LogP contribution in [-0.4, -0.2) is 30.2 Å². The Morgan fingerprint density at radius 2 is 1.71 bits per heavy atom. The molecule has 8 heteroatoms. The number of benzene rings is 1. The lowest BCUT2D eigenvalue weighted by atomic mass is 10.1. The van der Waals surface area contributed by atoms with Gasteiger partial charge < -0.3 is 14.8 Å².